The van der Waals surface area contributed by atoms with Gasteiger partial charge >= 0.3 is 0 Å². The molecule has 0 aliphatic carbocycles. The molecule has 0 saturated carbocycles. The predicted octanol–water partition coefficient (Wildman–Crippen LogP) is 2.40. The molecule has 1 aromatic carbocycles. The van der Waals surface area contributed by atoms with E-state index in [-0.39, 0.29) is 11.7 Å². The second-order valence-electron chi connectivity index (χ2n) is 4.16. The quantitative estimate of drug-likeness (QED) is 0.727. The molecule has 0 atom stereocenters. The van der Waals surface area contributed by atoms with Crippen LogP contribution in [0.5, 0.6) is 0 Å². The van der Waals surface area contributed by atoms with Gasteiger partial charge in [0.15, 0.2) is 0 Å². The number of nitrogen functional groups attached to an aromatic ring is 1. The SMILES string of the molecule is C=CC(=O)Nc1ccc(NCc2ccccc2)nc1N. The topological polar surface area (TPSA) is 80.0 Å². The lowest BCUT2D eigenvalue weighted by Gasteiger charge is -2.09. The zero-order valence-corrected chi connectivity index (χ0v) is 11.0. The van der Waals surface area contributed by atoms with Crippen LogP contribution in [-0.2, 0) is 11.3 Å². The molecule has 1 heterocycles. The van der Waals surface area contributed by atoms with E-state index in [1.807, 2.05) is 30.3 Å². The van der Waals surface area contributed by atoms with Gasteiger partial charge in [-0.05, 0) is 23.8 Å². The first kappa shape index (κ1) is 13.6. The van der Waals surface area contributed by atoms with Gasteiger partial charge in [0.05, 0.1) is 5.69 Å². The molecular formula is C15H16N4O. The molecule has 0 fully saturated rings. The summed E-state index contributed by atoms with van der Waals surface area (Å²) in [7, 11) is 0. The van der Waals surface area contributed by atoms with Crippen molar-refractivity contribution in [2.75, 3.05) is 16.4 Å². The number of rotatable bonds is 5. The van der Waals surface area contributed by atoms with Crippen LogP contribution in [0, 0.1) is 0 Å². The van der Waals surface area contributed by atoms with Crippen LogP contribution in [-0.4, -0.2) is 10.9 Å². The third kappa shape index (κ3) is 3.58. The summed E-state index contributed by atoms with van der Waals surface area (Å²) in [4.78, 5) is 15.4. The summed E-state index contributed by atoms with van der Waals surface area (Å²) in [6, 6.07) is 13.4. The van der Waals surface area contributed by atoms with Gasteiger partial charge in [-0.15, -0.1) is 0 Å². The second kappa shape index (κ2) is 6.38. The number of anilines is 3. The van der Waals surface area contributed by atoms with Crippen molar-refractivity contribution >= 4 is 23.2 Å². The van der Waals surface area contributed by atoms with Crippen molar-refractivity contribution in [1.82, 2.24) is 4.98 Å². The van der Waals surface area contributed by atoms with Gasteiger partial charge in [-0.25, -0.2) is 4.98 Å². The number of hydrogen-bond acceptors (Lipinski definition) is 4. The number of hydrogen-bond donors (Lipinski definition) is 3. The number of carbonyl (C=O) groups is 1. The molecule has 0 unspecified atom stereocenters. The fourth-order valence-electron chi connectivity index (χ4n) is 1.65. The maximum absolute atomic E-state index is 11.2. The third-order valence-corrected chi connectivity index (χ3v) is 2.68. The van der Waals surface area contributed by atoms with Crippen LogP contribution >= 0.6 is 0 Å². The predicted molar refractivity (Wildman–Crippen MR) is 81.2 cm³/mol. The third-order valence-electron chi connectivity index (χ3n) is 2.68. The molecule has 102 valence electrons. The highest BCUT2D eigenvalue weighted by Gasteiger charge is 2.04. The molecule has 2 aromatic rings. The Hall–Kier alpha value is -2.82. The van der Waals surface area contributed by atoms with E-state index in [2.05, 4.69) is 22.2 Å². The molecule has 0 saturated heterocycles. The maximum atomic E-state index is 11.2. The molecule has 0 aliphatic heterocycles. The molecule has 2 rings (SSSR count). The van der Waals surface area contributed by atoms with Crippen LogP contribution in [0.15, 0.2) is 55.1 Å². The molecule has 0 spiro atoms. The summed E-state index contributed by atoms with van der Waals surface area (Å²) >= 11 is 0. The van der Waals surface area contributed by atoms with Crippen LogP contribution in [0.4, 0.5) is 17.3 Å². The van der Waals surface area contributed by atoms with E-state index in [0.29, 0.717) is 18.1 Å². The Morgan fingerprint density at radius 1 is 1.25 bits per heavy atom. The molecule has 0 bridgehead atoms. The van der Waals surface area contributed by atoms with Crippen molar-refractivity contribution in [3.05, 3.63) is 60.7 Å². The Morgan fingerprint density at radius 3 is 2.65 bits per heavy atom. The number of benzene rings is 1. The van der Waals surface area contributed by atoms with Crippen molar-refractivity contribution in [3.8, 4) is 0 Å². The van der Waals surface area contributed by atoms with E-state index in [9.17, 15) is 4.79 Å². The number of nitrogens with two attached hydrogens (primary N) is 1. The minimum atomic E-state index is -0.316. The minimum absolute atomic E-state index is 0.262. The highest BCUT2D eigenvalue weighted by molar-refractivity contribution is 6.00. The minimum Gasteiger partial charge on any atom is -0.382 e. The highest BCUT2D eigenvalue weighted by atomic mass is 16.1. The van der Waals surface area contributed by atoms with E-state index in [4.69, 9.17) is 5.73 Å². The maximum Gasteiger partial charge on any atom is 0.247 e. The smallest absolute Gasteiger partial charge is 0.247 e. The number of aromatic nitrogens is 1. The van der Waals surface area contributed by atoms with Crippen molar-refractivity contribution in [1.29, 1.82) is 0 Å². The van der Waals surface area contributed by atoms with E-state index in [0.717, 1.165) is 5.56 Å². The molecule has 4 N–H and O–H groups in total. The van der Waals surface area contributed by atoms with Crippen molar-refractivity contribution in [2.24, 2.45) is 0 Å². The molecule has 0 radical (unpaired) electrons. The molecule has 1 amide bonds. The van der Waals surface area contributed by atoms with Gasteiger partial charge in [0, 0.05) is 6.54 Å². The Kier molecular flexibility index (Phi) is 4.34. The molecule has 20 heavy (non-hydrogen) atoms. The number of amides is 1. The van der Waals surface area contributed by atoms with Crippen LogP contribution in [0.3, 0.4) is 0 Å². The van der Waals surface area contributed by atoms with Gasteiger partial charge in [-0.1, -0.05) is 36.9 Å². The number of nitrogens with zero attached hydrogens (tertiary/aromatic N) is 1. The second-order valence-corrected chi connectivity index (χ2v) is 4.16. The first-order valence-corrected chi connectivity index (χ1v) is 6.17. The lowest BCUT2D eigenvalue weighted by molar-refractivity contribution is -0.111. The largest absolute Gasteiger partial charge is 0.382 e. The molecule has 5 heteroatoms. The average molecular weight is 268 g/mol. The molecule has 0 aliphatic rings. The number of nitrogens with one attached hydrogen (secondary N) is 2. The lowest BCUT2D eigenvalue weighted by atomic mass is 10.2. The Bertz CT molecular complexity index is 611. The van der Waals surface area contributed by atoms with Gasteiger partial charge in [-0.2, -0.15) is 0 Å². The van der Waals surface area contributed by atoms with Crippen molar-refractivity contribution in [3.63, 3.8) is 0 Å². The van der Waals surface area contributed by atoms with E-state index in [1.54, 1.807) is 12.1 Å². The average Bonchev–Trinajstić information content (AvgIpc) is 2.48. The van der Waals surface area contributed by atoms with Gasteiger partial charge in [0.2, 0.25) is 5.91 Å². The Balaban J connectivity index is 2.02. The summed E-state index contributed by atoms with van der Waals surface area (Å²) in [5, 5.41) is 5.76. The Labute approximate surface area is 117 Å². The lowest BCUT2D eigenvalue weighted by Crippen LogP contribution is -2.11. The summed E-state index contributed by atoms with van der Waals surface area (Å²) in [5.41, 5.74) is 7.42. The summed E-state index contributed by atoms with van der Waals surface area (Å²) in [6.07, 6.45) is 1.18. The standard InChI is InChI=1S/C15H16N4O/c1-2-14(20)18-12-8-9-13(19-15(12)16)17-10-11-6-4-3-5-7-11/h2-9H,1,10H2,(H,18,20)(H3,16,17,19). The van der Waals surface area contributed by atoms with E-state index < -0.39 is 0 Å². The molecule has 5 nitrogen and oxygen atoms in total. The van der Waals surface area contributed by atoms with Crippen molar-refractivity contribution < 1.29 is 4.79 Å². The van der Waals surface area contributed by atoms with Crippen LogP contribution in [0.1, 0.15) is 5.56 Å². The summed E-state index contributed by atoms with van der Waals surface area (Å²) in [5.74, 6) is 0.602. The zero-order chi connectivity index (χ0) is 14.4. The van der Waals surface area contributed by atoms with Crippen LogP contribution in [0.2, 0.25) is 0 Å². The first-order chi connectivity index (χ1) is 9.69. The fourth-order valence-corrected chi connectivity index (χ4v) is 1.65. The van der Waals surface area contributed by atoms with E-state index >= 15 is 0 Å². The number of pyridine rings is 1. The zero-order valence-electron chi connectivity index (χ0n) is 11.0. The van der Waals surface area contributed by atoms with Gasteiger partial charge in [-0.3, -0.25) is 4.79 Å². The normalized spacial score (nSPS) is 9.80. The van der Waals surface area contributed by atoms with Gasteiger partial charge < -0.3 is 16.4 Å². The Morgan fingerprint density at radius 2 is 2.00 bits per heavy atom. The fraction of sp³-hybridized carbons (Fsp3) is 0.0667. The molecule has 1 aromatic heterocycles. The summed E-state index contributed by atoms with van der Waals surface area (Å²) < 4.78 is 0. The van der Waals surface area contributed by atoms with E-state index in [1.165, 1.54) is 6.08 Å². The first-order valence-electron chi connectivity index (χ1n) is 6.17. The van der Waals surface area contributed by atoms with Gasteiger partial charge in [0.25, 0.3) is 0 Å². The van der Waals surface area contributed by atoms with Crippen LogP contribution < -0.4 is 16.4 Å². The highest BCUT2D eigenvalue weighted by Crippen LogP contribution is 2.19. The van der Waals surface area contributed by atoms with Crippen molar-refractivity contribution in [2.45, 2.75) is 6.54 Å². The monoisotopic (exact) mass is 268 g/mol. The number of carbonyl (C=O) groups excluding carboxylic acids is 1. The van der Waals surface area contributed by atoms with Crippen LogP contribution in [0.25, 0.3) is 0 Å². The molecular weight excluding hydrogens is 252 g/mol. The summed E-state index contributed by atoms with van der Waals surface area (Å²) in [6.45, 7) is 4.04. The van der Waals surface area contributed by atoms with Gasteiger partial charge in [0.1, 0.15) is 11.6 Å².